The van der Waals surface area contributed by atoms with Crippen molar-refractivity contribution in [3.63, 3.8) is 0 Å². The van der Waals surface area contributed by atoms with Gasteiger partial charge in [0, 0.05) is 62.1 Å². The van der Waals surface area contributed by atoms with Gasteiger partial charge in [-0.1, -0.05) is 92.7 Å². The van der Waals surface area contributed by atoms with Gasteiger partial charge in [-0.2, -0.15) is 0 Å². The van der Waals surface area contributed by atoms with Crippen LogP contribution in [-0.4, -0.2) is 79.9 Å². The zero-order valence-electron chi connectivity index (χ0n) is 36.6. The molecule has 13 heteroatoms. The minimum Gasteiger partial charge on any atom is -0.492 e. The average Bonchev–Trinajstić information content (AvgIpc) is 3.74. The number of unbranched alkanes of at least 4 members (excludes halogenated alkanes) is 1. The van der Waals surface area contributed by atoms with Crippen molar-refractivity contribution in [3.05, 3.63) is 120 Å². The normalized spacial score (nSPS) is 18.1. The lowest BCUT2D eigenvalue weighted by Gasteiger charge is -2.32. The number of hydrogen-bond acceptors (Lipinski definition) is 11. The number of rotatable bonds is 17. The summed E-state index contributed by atoms with van der Waals surface area (Å²) in [7, 11) is 1.53. The monoisotopic (exact) mass is 856 g/mol. The summed E-state index contributed by atoms with van der Waals surface area (Å²) in [5.41, 5.74) is 24.9. The Labute approximate surface area is 370 Å². The number of fused-ring (bicyclic) bond motifs is 5. The maximum Gasteiger partial charge on any atom is 0.228 e. The van der Waals surface area contributed by atoms with E-state index in [1.807, 2.05) is 36.4 Å². The van der Waals surface area contributed by atoms with Crippen LogP contribution in [0.5, 0.6) is 11.5 Å². The third-order valence-electron chi connectivity index (χ3n) is 11.6. The number of hydrogen-bond donors (Lipinski definition) is 4. The van der Waals surface area contributed by atoms with Gasteiger partial charge >= 0.3 is 0 Å². The van der Waals surface area contributed by atoms with Gasteiger partial charge in [0.05, 0.1) is 24.1 Å². The summed E-state index contributed by atoms with van der Waals surface area (Å²) in [5, 5.41) is 7.31. The van der Waals surface area contributed by atoms with E-state index in [-0.39, 0.29) is 63.2 Å². The minimum atomic E-state index is -1.17. The average molecular weight is 857 g/mol. The Morgan fingerprint density at radius 3 is 2.13 bits per heavy atom. The van der Waals surface area contributed by atoms with Gasteiger partial charge in [0.2, 0.25) is 11.8 Å². The number of nitrogens with one attached hydrogen (secondary N) is 1. The van der Waals surface area contributed by atoms with Crippen LogP contribution < -0.4 is 32.0 Å². The van der Waals surface area contributed by atoms with E-state index in [1.54, 1.807) is 31.2 Å². The summed E-state index contributed by atoms with van der Waals surface area (Å²) in [6, 6.07) is 25.0. The molecule has 4 aromatic rings. The fourth-order valence-electron chi connectivity index (χ4n) is 8.06. The predicted molar refractivity (Wildman–Crippen MR) is 245 cm³/mol. The van der Waals surface area contributed by atoms with Crippen LogP contribution in [0.3, 0.4) is 0 Å². The van der Waals surface area contributed by atoms with E-state index in [1.165, 1.54) is 17.5 Å². The smallest absolute Gasteiger partial charge is 0.228 e. The quantitative estimate of drug-likeness (QED) is 0.0872. The van der Waals surface area contributed by atoms with Gasteiger partial charge in [-0.25, -0.2) is 0 Å². The second-order valence-corrected chi connectivity index (χ2v) is 16.4. The molecule has 2 heterocycles. The van der Waals surface area contributed by atoms with Crippen molar-refractivity contribution < 1.29 is 33.5 Å². The molecule has 0 saturated heterocycles. The summed E-state index contributed by atoms with van der Waals surface area (Å²) in [6.45, 7) is 8.56. The van der Waals surface area contributed by atoms with Crippen LogP contribution >= 0.6 is 0 Å². The molecule has 4 bridgehead atoms. The maximum absolute atomic E-state index is 14.7. The van der Waals surface area contributed by atoms with Crippen molar-refractivity contribution in [1.29, 1.82) is 0 Å². The van der Waals surface area contributed by atoms with E-state index >= 15 is 0 Å². The molecule has 0 saturated carbocycles. The summed E-state index contributed by atoms with van der Waals surface area (Å²) in [5.74, 6) is -1.77. The Balaban J connectivity index is 1.34. The van der Waals surface area contributed by atoms with Crippen LogP contribution in [0, 0.1) is 11.8 Å². The fraction of sp³-hybridized carbons (Fsp3) is 0.380. The van der Waals surface area contributed by atoms with E-state index < -0.39 is 29.8 Å². The number of nitrogens with two attached hydrogens (primary N) is 3. The number of aryl methyl sites for hydroxylation is 1. The third kappa shape index (κ3) is 11.5. The van der Waals surface area contributed by atoms with Crippen molar-refractivity contribution in [2.24, 2.45) is 34.2 Å². The number of likely N-dealkylation sites (N-methyl/N-ethyl adjacent to an activating group) is 1. The largest absolute Gasteiger partial charge is 0.492 e. The van der Waals surface area contributed by atoms with Crippen molar-refractivity contribution >= 4 is 29.1 Å². The Hall–Kier alpha value is -6.15. The van der Waals surface area contributed by atoms with Crippen LogP contribution in [0.25, 0.3) is 22.3 Å². The molecule has 2 aliphatic rings. The highest BCUT2D eigenvalue weighted by atomic mass is 16.6. The van der Waals surface area contributed by atoms with Gasteiger partial charge in [0.15, 0.2) is 11.6 Å². The number of benzene rings is 4. The van der Waals surface area contributed by atoms with Gasteiger partial charge in [0.1, 0.15) is 36.5 Å². The number of Topliss-reactive ketones (excluding diaryl/α,β-unsaturated/α-hetero) is 2. The SMILES string of the molecule is C=C1CC([C@@H]2Cc3ccc(OCCN)c(c3)-c3cc(ccc3OCCN)[C@H](N(C)C(=O)[C@H](CN)CC(=O)c3ccc(-c4ccc(CCCC)cc4)cc3)C(=O)C[C@@H](C)C(=O)N2)=NO1. The molecule has 0 aromatic heterocycles. The molecule has 0 aliphatic carbocycles. The molecule has 332 valence electrons. The minimum absolute atomic E-state index is 0.135. The van der Waals surface area contributed by atoms with E-state index in [0.717, 1.165) is 36.0 Å². The Bertz CT molecular complexity index is 2310. The number of carbonyl (C=O) groups is 4. The molecule has 63 heavy (non-hydrogen) atoms. The topological polar surface area (TPSA) is 202 Å². The summed E-state index contributed by atoms with van der Waals surface area (Å²) >= 11 is 0. The highest BCUT2D eigenvalue weighted by Gasteiger charge is 2.36. The lowest BCUT2D eigenvalue weighted by molar-refractivity contribution is -0.142. The van der Waals surface area contributed by atoms with Gasteiger partial charge in [-0.3, -0.25) is 19.2 Å². The molecule has 2 aliphatic heterocycles. The van der Waals surface area contributed by atoms with E-state index in [4.69, 9.17) is 31.5 Å². The summed E-state index contributed by atoms with van der Waals surface area (Å²) in [4.78, 5) is 63.5. The number of carbonyl (C=O) groups excluding carboxylic acids is 4. The van der Waals surface area contributed by atoms with E-state index in [2.05, 4.69) is 48.2 Å². The number of allylic oxidation sites excluding steroid dienone is 1. The number of amides is 2. The number of oxime groups is 1. The number of nitrogens with zero attached hydrogens (tertiary/aromatic N) is 2. The van der Waals surface area contributed by atoms with Crippen LogP contribution in [0.2, 0.25) is 0 Å². The van der Waals surface area contributed by atoms with E-state index in [0.29, 0.717) is 58.1 Å². The lowest BCUT2D eigenvalue weighted by Crippen LogP contribution is -2.46. The highest BCUT2D eigenvalue weighted by molar-refractivity contribution is 6.00. The van der Waals surface area contributed by atoms with Crippen LogP contribution in [0.15, 0.2) is 102 Å². The van der Waals surface area contributed by atoms with Crippen LogP contribution in [-0.2, 0) is 32.1 Å². The molecule has 4 aromatic carbocycles. The number of ketones is 2. The first kappa shape index (κ1) is 46.4. The highest BCUT2D eigenvalue weighted by Crippen LogP contribution is 2.41. The summed E-state index contributed by atoms with van der Waals surface area (Å²) in [6.07, 6.45) is 3.62. The van der Waals surface area contributed by atoms with Gasteiger partial charge in [-0.15, -0.1) is 0 Å². The first-order valence-electron chi connectivity index (χ1n) is 21.8. The number of ether oxygens (including phenoxy) is 2. The Kier molecular flexibility index (Phi) is 16.0. The maximum atomic E-state index is 14.7. The van der Waals surface area contributed by atoms with Crippen LogP contribution in [0.4, 0.5) is 0 Å². The summed E-state index contributed by atoms with van der Waals surface area (Å²) < 4.78 is 12.3. The van der Waals surface area contributed by atoms with E-state index in [9.17, 15) is 19.2 Å². The molecule has 7 N–H and O–H groups in total. The zero-order valence-corrected chi connectivity index (χ0v) is 36.6. The molecule has 0 radical (unpaired) electrons. The third-order valence-corrected chi connectivity index (χ3v) is 11.6. The molecule has 2 amide bonds. The molecule has 6 rings (SSSR count). The second-order valence-electron chi connectivity index (χ2n) is 16.4. The zero-order chi connectivity index (χ0) is 45.0. The van der Waals surface area contributed by atoms with Crippen LogP contribution in [0.1, 0.15) is 79.0 Å². The Morgan fingerprint density at radius 2 is 1.52 bits per heavy atom. The van der Waals surface area contributed by atoms with Gasteiger partial charge < -0.3 is 41.7 Å². The molecule has 13 nitrogen and oxygen atoms in total. The molecule has 0 spiro atoms. The van der Waals surface area contributed by atoms with Crippen molar-refractivity contribution in [2.45, 2.75) is 70.9 Å². The van der Waals surface area contributed by atoms with Gasteiger partial charge in [0.25, 0.3) is 0 Å². The first-order valence-corrected chi connectivity index (χ1v) is 21.8. The predicted octanol–water partition coefficient (Wildman–Crippen LogP) is 6.31. The van der Waals surface area contributed by atoms with Crippen molar-refractivity contribution in [2.75, 3.05) is 39.9 Å². The van der Waals surface area contributed by atoms with Gasteiger partial charge in [-0.05, 0) is 71.3 Å². The Morgan fingerprint density at radius 1 is 0.889 bits per heavy atom. The van der Waals surface area contributed by atoms with Crippen molar-refractivity contribution in [3.8, 4) is 33.8 Å². The molecular weight excluding hydrogens is 797 g/mol. The first-order chi connectivity index (χ1) is 30.4. The fourth-order valence-corrected chi connectivity index (χ4v) is 8.06. The lowest BCUT2D eigenvalue weighted by atomic mass is 9.88. The standard InChI is InChI=1S/C50H60N6O7/c1-5-6-7-33-8-11-35(12-9-33)36-13-15-37(16-14-36)44(57)29-39(30-53)50(60)56(4)48-38-17-19-47(62-23-21-52)41(28-38)40-26-34(10-18-46(40)61-22-20-51)27-42(43-25-32(3)63-55-43)54-49(59)31(2)24-45(48)58/h8-19,26,28,31,39,42,48H,3,5-7,20-25,27,29-30,51-53H2,1-2,4H3,(H,54,59)/t31-,39+,42+,48+/m1/s1. The molecular formula is C50H60N6O7. The molecule has 4 atom stereocenters. The second kappa shape index (κ2) is 21.8. The van der Waals surface area contributed by atoms with Crippen molar-refractivity contribution in [1.82, 2.24) is 10.2 Å². The molecule has 0 fully saturated rings. The molecule has 0 unspecified atom stereocenters.